The Labute approximate surface area is 210 Å². The molecule has 0 aromatic heterocycles. The number of thioether (sulfide) groups is 1. The van der Waals surface area contributed by atoms with Crippen LogP contribution >= 0.6 is 11.8 Å². The van der Waals surface area contributed by atoms with Crippen LogP contribution in [0.2, 0.25) is 0 Å². The van der Waals surface area contributed by atoms with Gasteiger partial charge in [-0.05, 0) is 35.4 Å². The maximum Gasteiger partial charge on any atom is 0.261 e. The van der Waals surface area contributed by atoms with Crippen LogP contribution in [0.4, 0.5) is 5.69 Å². The second-order valence-corrected chi connectivity index (χ2v) is 11.0. The van der Waals surface area contributed by atoms with E-state index >= 15 is 0 Å². The monoisotopic (exact) mass is 515 g/mol. The molecule has 0 saturated carbocycles. The van der Waals surface area contributed by atoms with Crippen molar-refractivity contribution in [3.63, 3.8) is 0 Å². The van der Waals surface area contributed by atoms with Gasteiger partial charge in [0.05, 0.1) is 30.3 Å². The van der Waals surface area contributed by atoms with E-state index in [1.54, 1.807) is 60.3 Å². The first-order valence-corrected chi connectivity index (χ1v) is 14.0. The average molecular weight is 516 g/mol. The number of anilines is 1. The maximum atomic E-state index is 12.8. The summed E-state index contributed by atoms with van der Waals surface area (Å²) in [6.07, 6.45) is -0.385. The highest BCUT2D eigenvalue weighted by atomic mass is 32.2. The lowest BCUT2D eigenvalue weighted by atomic mass is 10.0. The minimum absolute atomic E-state index is 0.0242. The summed E-state index contributed by atoms with van der Waals surface area (Å²) in [6.45, 7) is 0.0800. The standard InChI is InChI=1S/C26H29NO6S2/c28-13-14-34-18-23-16-25(20-11-9-19(17-29)10-12-20)33-26(32-23)21-5-4-6-22(15-21)27-35(30,31)24-7-2-1-3-8-24/h1-12,15,23,25-29H,13-14,16-18H2. The van der Waals surface area contributed by atoms with E-state index in [-0.39, 0.29) is 30.3 Å². The first-order chi connectivity index (χ1) is 17.0. The molecular formula is C26H29NO6S2. The van der Waals surface area contributed by atoms with E-state index in [1.807, 2.05) is 30.3 Å². The Morgan fingerprint density at radius 2 is 1.69 bits per heavy atom. The van der Waals surface area contributed by atoms with E-state index in [2.05, 4.69) is 4.72 Å². The molecule has 3 aromatic carbocycles. The zero-order valence-electron chi connectivity index (χ0n) is 19.1. The fourth-order valence-electron chi connectivity index (χ4n) is 3.86. The van der Waals surface area contributed by atoms with Crippen LogP contribution in [-0.2, 0) is 26.1 Å². The molecule has 35 heavy (non-hydrogen) atoms. The molecule has 1 heterocycles. The second kappa shape index (κ2) is 12.0. The largest absolute Gasteiger partial charge is 0.396 e. The summed E-state index contributed by atoms with van der Waals surface area (Å²) < 4.78 is 40.7. The Kier molecular flexibility index (Phi) is 8.83. The fourth-order valence-corrected chi connectivity index (χ4v) is 5.71. The zero-order chi connectivity index (χ0) is 24.7. The molecule has 3 unspecified atom stereocenters. The van der Waals surface area contributed by atoms with Crippen molar-refractivity contribution in [2.45, 2.75) is 36.4 Å². The minimum atomic E-state index is -3.73. The van der Waals surface area contributed by atoms with Crippen LogP contribution in [0, 0.1) is 0 Å². The summed E-state index contributed by atoms with van der Waals surface area (Å²) in [4.78, 5) is 0.183. The van der Waals surface area contributed by atoms with Gasteiger partial charge in [-0.3, -0.25) is 4.72 Å². The molecular weight excluding hydrogens is 486 g/mol. The summed E-state index contributed by atoms with van der Waals surface area (Å²) in [6, 6.07) is 22.9. The number of rotatable bonds is 10. The van der Waals surface area contributed by atoms with Gasteiger partial charge >= 0.3 is 0 Å². The molecule has 9 heteroatoms. The van der Waals surface area contributed by atoms with Crippen molar-refractivity contribution in [2.75, 3.05) is 22.8 Å². The Morgan fingerprint density at radius 1 is 0.914 bits per heavy atom. The number of sulfonamides is 1. The van der Waals surface area contributed by atoms with Gasteiger partial charge in [0.25, 0.3) is 10.0 Å². The number of hydrogen-bond acceptors (Lipinski definition) is 7. The molecule has 1 saturated heterocycles. The normalized spacial score (nSPS) is 20.5. The zero-order valence-corrected chi connectivity index (χ0v) is 20.8. The van der Waals surface area contributed by atoms with Crippen molar-refractivity contribution in [1.29, 1.82) is 0 Å². The van der Waals surface area contributed by atoms with Crippen molar-refractivity contribution in [3.05, 3.63) is 95.6 Å². The quantitative estimate of drug-likeness (QED) is 0.347. The minimum Gasteiger partial charge on any atom is -0.396 e. The van der Waals surface area contributed by atoms with Crippen LogP contribution < -0.4 is 4.72 Å². The molecule has 3 aromatic rings. The average Bonchev–Trinajstić information content (AvgIpc) is 2.89. The summed E-state index contributed by atoms with van der Waals surface area (Å²) in [5.41, 5.74) is 2.92. The van der Waals surface area contributed by atoms with Crippen LogP contribution in [-0.4, -0.2) is 42.8 Å². The van der Waals surface area contributed by atoms with Crippen LogP contribution in [0.25, 0.3) is 0 Å². The Morgan fingerprint density at radius 3 is 2.40 bits per heavy atom. The summed E-state index contributed by atoms with van der Waals surface area (Å²) in [5.74, 6) is 1.32. The van der Waals surface area contributed by atoms with Gasteiger partial charge in [-0.15, -0.1) is 0 Å². The number of hydrogen-bond donors (Lipinski definition) is 3. The maximum absolute atomic E-state index is 12.8. The van der Waals surface area contributed by atoms with Gasteiger partial charge in [0, 0.05) is 29.2 Å². The molecule has 4 rings (SSSR count). The molecule has 1 aliphatic rings. The van der Waals surface area contributed by atoms with Gasteiger partial charge in [-0.1, -0.05) is 54.6 Å². The van der Waals surface area contributed by atoms with E-state index in [1.165, 1.54) is 0 Å². The third kappa shape index (κ3) is 6.84. The predicted octanol–water partition coefficient (Wildman–Crippen LogP) is 4.25. The molecule has 1 fully saturated rings. The van der Waals surface area contributed by atoms with Gasteiger partial charge in [0.15, 0.2) is 6.29 Å². The van der Waals surface area contributed by atoms with Gasteiger partial charge in [-0.25, -0.2) is 8.42 Å². The van der Waals surface area contributed by atoms with Crippen molar-refractivity contribution >= 4 is 27.5 Å². The van der Waals surface area contributed by atoms with Crippen LogP contribution in [0.1, 0.15) is 35.5 Å². The van der Waals surface area contributed by atoms with E-state index in [0.29, 0.717) is 29.2 Å². The molecule has 0 spiro atoms. The highest BCUT2D eigenvalue weighted by Gasteiger charge is 2.32. The van der Waals surface area contributed by atoms with Crippen LogP contribution in [0.3, 0.4) is 0 Å². The van der Waals surface area contributed by atoms with Crippen molar-refractivity contribution in [3.8, 4) is 0 Å². The van der Waals surface area contributed by atoms with E-state index in [9.17, 15) is 13.5 Å². The number of benzene rings is 3. The van der Waals surface area contributed by atoms with Gasteiger partial charge in [0.1, 0.15) is 0 Å². The van der Waals surface area contributed by atoms with E-state index in [4.69, 9.17) is 14.6 Å². The molecule has 3 N–H and O–H groups in total. The second-order valence-electron chi connectivity index (χ2n) is 8.19. The lowest BCUT2D eigenvalue weighted by Gasteiger charge is -2.36. The molecule has 0 radical (unpaired) electrons. The van der Waals surface area contributed by atoms with Gasteiger partial charge in [0.2, 0.25) is 0 Å². The number of aliphatic hydroxyl groups is 2. The van der Waals surface area contributed by atoms with Crippen LogP contribution in [0.5, 0.6) is 0 Å². The van der Waals surface area contributed by atoms with Crippen molar-refractivity contribution in [2.24, 2.45) is 0 Å². The third-order valence-corrected chi connectivity index (χ3v) is 8.09. The summed E-state index contributed by atoms with van der Waals surface area (Å²) in [5, 5.41) is 18.5. The molecule has 186 valence electrons. The molecule has 0 aliphatic carbocycles. The molecule has 7 nitrogen and oxygen atoms in total. The smallest absolute Gasteiger partial charge is 0.261 e. The first-order valence-electron chi connectivity index (χ1n) is 11.4. The summed E-state index contributed by atoms with van der Waals surface area (Å²) >= 11 is 1.61. The topological polar surface area (TPSA) is 105 Å². The van der Waals surface area contributed by atoms with Crippen molar-refractivity contribution in [1.82, 2.24) is 0 Å². The number of nitrogens with one attached hydrogen (secondary N) is 1. The highest BCUT2D eigenvalue weighted by molar-refractivity contribution is 7.99. The molecule has 3 atom stereocenters. The molecule has 1 aliphatic heterocycles. The van der Waals surface area contributed by atoms with Crippen molar-refractivity contribution < 1.29 is 28.1 Å². The lowest BCUT2D eigenvalue weighted by Crippen LogP contribution is -2.31. The van der Waals surface area contributed by atoms with Gasteiger partial charge < -0.3 is 19.7 Å². The first kappa shape index (κ1) is 25.7. The Hall–Kier alpha value is -2.40. The Bertz CT molecular complexity index is 1190. The third-order valence-electron chi connectivity index (χ3n) is 5.62. The van der Waals surface area contributed by atoms with Gasteiger partial charge in [-0.2, -0.15) is 11.8 Å². The lowest BCUT2D eigenvalue weighted by molar-refractivity contribution is -0.245. The SMILES string of the molecule is O=S(=O)(Nc1cccc(C2OC(CSCCO)CC(c3ccc(CO)cc3)O2)c1)c1ccccc1. The Balaban J connectivity index is 1.55. The molecule has 0 amide bonds. The number of ether oxygens (including phenoxy) is 2. The predicted molar refractivity (Wildman–Crippen MR) is 137 cm³/mol. The summed E-state index contributed by atoms with van der Waals surface area (Å²) in [7, 11) is -3.73. The fraction of sp³-hybridized carbons (Fsp3) is 0.308. The number of aliphatic hydroxyl groups excluding tert-OH is 2. The highest BCUT2D eigenvalue weighted by Crippen LogP contribution is 2.39. The van der Waals surface area contributed by atoms with Crippen LogP contribution in [0.15, 0.2) is 83.8 Å². The molecule has 0 bridgehead atoms. The van der Waals surface area contributed by atoms with E-state index in [0.717, 1.165) is 11.1 Å². The van der Waals surface area contributed by atoms with E-state index < -0.39 is 16.3 Å².